The standard InChI is InChI=1S/C20H17ClN2O2/c1-2-25-16-6-3-13(4-7-16)11-14-9-10-23-19(14)22-18-12-15(21)5-8-17(18)20(23)24/h3-8,11-12H,2,9-10H2,1H3/b14-11+. The summed E-state index contributed by atoms with van der Waals surface area (Å²) in [5.41, 5.74) is 2.76. The number of ether oxygens (including phenoxy) is 1. The van der Waals surface area contributed by atoms with Gasteiger partial charge in [0.25, 0.3) is 5.56 Å². The van der Waals surface area contributed by atoms with Gasteiger partial charge in [0.1, 0.15) is 11.6 Å². The van der Waals surface area contributed by atoms with Gasteiger partial charge in [-0.25, -0.2) is 4.98 Å². The van der Waals surface area contributed by atoms with Gasteiger partial charge in [-0.2, -0.15) is 0 Å². The zero-order valence-electron chi connectivity index (χ0n) is 13.8. The van der Waals surface area contributed by atoms with Crippen molar-refractivity contribution in [3.63, 3.8) is 0 Å². The molecule has 0 aliphatic carbocycles. The first-order valence-electron chi connectivity index (χ1n) is 8.29. The van der Waals surface area contributed by atoms with Gasteiger partial charge in [-0.15, -0.1) is 0 Å². The molecule has 4 rings (SSSR count). The Bertz CT molecular complexity index is 1040. The summed E-state index contributed by atoms with van der Waals surface area (Å²) in [5, 5.41) is 1.19. The Hall–Kier alpha value is -2.59. The Morgan fingerprint density at radius 3 is 2.80 bits per heavy atom. The molecule has 0 radical (unpaired) electrons. The third kappa shape index (κ3) is 2.94. The van der Waals surface area contributed by atoms with E-state index in [-0.39, 0.29) is 5.56 Å². The van der Waals surface area contributed by atoms with Crippen LogP contribution >= 0.6 is 11.6 Å². The highest BCUT2D eigenvalue weighted by Gasteiger charge is 2.20. The third-order valence-electron chi connectivity index (χ3n) is 4.34. The number of allylic oxidation sites excluding steroid dienone is 1. The number of rotatable bonds is 3. The third-order valence-corrected chi connectivity index (χ3v) is 4.58. The molecule has 1 aliphatic rings. The molecule has 0 amide bonds. The quantitative estimate of drug-likeness (QED) is 0.702. The molecule has 1 aromatic heterocycles. The van der Waals surface area contributed by atoms with Crippen molar-refractivity contribution in [1.82, 2.24) is 9.55 Å². The van der Waals surface area contributed by atoms with Crippen LogP contribution in [0.5, 0.6) is 5.75 Å². The topological polar surface area (TPSA) is 44.1 Å². The molecule has 1 aliphatic heterocycles. The molecule has 5 heteroatoms. The van der Waals surface area contributed by atoms with Crippen molar-refractivity contribution in [2.45, 2.75) is 19.9 Å². The molecule has 0 spiro atoms. The van der Waals surface area contributed by atoms with Crippen LogP contribution in [0.15, 0.2) is 47.3 Å². The molecule has 0 atom stereocenters. The maximum absolute atomic E-state index is 12.7. The first-order valence-corrected chi connectivity index (χ1v) is 8.67. The first-order chi connectivity index (χ1) is 12.2. The highest BCUT2D eigenvalue weighted by molar-refractivity contribution is 6.31. The predicted octanol–water partition coefficient (Wildman–Crippen LogP) is 4.39. The monoisotopic (exact) mass is 352 g/mol. The molecule has 126 valence electrons. The van der Waals surface area contributed by atoms with E-state index >= 15 is 0 Å². The van der Waals surface area contributed by atoms with Gasteiger partial charge in [0, 0.05) is 11.6 Å². The van der Waals surface area contributed by atoms with Crippen molar-refractivity contribution in [3.05, 3.63) is 69.2 Å². The Morgan fingerprint density at radius 1 is 1.24 bits per heavy atom. The summed E-state index contributed by atoms with van der Waals surface area (Å²) in [7, 11) is 0. The minimum absolute atomic E-state index is 0.00763. The van der Waals surface area contributed by atoms with E-state index in [9.17, 15) is 4.79 Å². The largest absolute Gasteiger partial charge is 0.494 e. The van der Waals surface area contributed by atoms with E-state index in [1.807, 2.05) is 31.2 Å². The van der Waals surface area contributed by atoms with Crippen LogP contribution < -0.4 is 10.3 Å². The second-order valence-electron chi connectivity index (χ2n) is 5.98. The SMILES string of the molecule is CCOc1ccc(/C=C2\CCn3c2nc2cc(Cl)ccc2c3=O)cc1. The van der Waals surface area contributed by atoms with Crippen molar-refractivity contribution in [2.24, 2.45) is 0 Å². The Morgan fingerprint density at radius 2 is 2.04 bits per heavy atom. The van der Waals surface area contributed by atoms with Gasteiger partial charge in [-0.3, -0.25) is 9.36 Å². The smallest absolute Gasteiger partial charge is 0.261 e. The zero-order chi connectivity index (χ0) is 17.4. The highest BCUT2D eigenvalue weighted by atomic mass is 35.5. The fraction of sp³-hybridized carbons (Fsp3) is 0.200. The van der Waals surface area contributed by atoms with Gasteiger partial charge in [0.05, 0.1) is 17.5 Å². The normalized spacial score (nSPS) is 14.9. The second-order valence-corrected chi connectivity index (χ2v) is 6.41. The summed E-state index contributed by atoms with van der Waals surface area (Å²) in [6, 6.07) is 13.1. The van der Waals surface area contributed by atoms with Crippen molar-refractivity contribution in [3.8, 4) is 5.75 Å². The van der Waals surface area contributed by atoms with Gasteiger partial charge >= 0.3 is 0 Å². The van der Waals surface area contributed by atoms with E-state index < -0.39 is 0 Å². The summed E-state index contributed by atoms with van der Waals surface area (Å²) in [4.78, 5) is 17.4. The molecule has 4 nitrogen and oxygen atoms in total. The number of fused-ring (bicyclic) bond motifs is 2. The number of hydrogen-bond acceptors (Lipinski definition) is 3. The number of aromatic nitrogens is 2. The van der Waals surface area contributed by atoms with Crippen LogP contribution in [-0.4, -0.2) is 16.2 Å². The fourth-order valence-electron chi connectivity index (χ4n) is 3.16. The highest BCUT2D eigenvalue weighted by Crippen LogP contribution is 2.28. The van der Waals surface area contributed by atoms with Gasteiger partial charge in [0.2, 0.25) is 0 Å². The maximum Gasteiger partial charge on any atom is 0.261 e. The van der Waals surface area contributed by atoms with Crippen LogP contribution in [0.3, 0.4) is 0 Å². The van der Waals surface area contributed by atoms with Crippen LogP contribution in [0.4, 0.5) is 0 Å². The molecule has 3 aromatic rings. The van der Waals surface area contributed by atoms with E-state index in [1.54, 1.807) is 22.8 Å². The molecular formula is C20H17ClN2O2. The number of nitrogens with zero attached hydrogens (tertiary/aromatic N) is 2. The van der Waals surface area contributed by atoms with Crippen LogP contribution in [0.2, 0.25) is 5.02 Å². The van der Waals surface area contributed by atoms with Crippen molar-refractivity contribution in [1.29, 1.82) is 0 Å². The van der Waals surface area contributed by atoms with Crippen molar-refractivity contribution < 1.29 is 4.74 Å². The Kier molecular flexibility index (Phi) is 4.06. The summed E-state index contributed by atoms with van der Waals surface area (Å²) >= 11 is 6.05. The average molecular weight is 353 g/mol. The molecule has 0 N–H and O–H groups in total. The minimum Gasteiger partial charge on any atom is -0.494 e. The van der Waals surface area contributed by atoms with E-state index in [1.165, 1.54) is 0 Å². The maximum atomic E-state index is 12.7. The molecule has 0 saturated heterocycles. The van der Waals surface area contributed by atoms with E-state index in [4.69, 9.17) is 16.3 Å². The molecule has 2 heterocycles. The molecule has 0 unspecified atom stereocenters. The van der Waals surface area contributed by atoms with E-state index in [2.05, 4.69) is 11.1 Å². The molecule has 0 bridgehead atoms. The van der Waals surface area contributed by atoms with Crippen LogP contribution in [0, 0.1) is 0 Å². The fourth-order valence-corrected chi connectivity index (χ4v) is 3.32. The average Bonchev–Trinajstić information content (AvgIpc) is 3.00. The van der Waals surface area contributed by atoms with Crippen molar-refractivity contribution >= 4 is 34.2 Å². The molecule has 25 heavy (non-hydrogen) atoms. The minimum atomic E-state index is -0.00763. The first kappa shape index (κ1) is 15.9. The summed E-state index contributed by atoms with van der Waals surface area (Å²) in [5.74, 6) is 1.58. The lowest BCUT2D eigenvalue weighted by molar-refractivity contribution is 0.340. The Balaban J connectivity index is 1.78. The lowest BCUT2D eigenvalue weighted by Gasteiger charge is -2.06. The number of hydrogen-bond donors (Lipinski definition) is 0. The summed E-state index contributed by atoms with van der Waals surface area (Å²) < 4.78 is 7.22. The van der Waals surface area contributed by atoms with Crippen LogP contribution in [-0.2, 0) is 6.54 Å². The van der Waals surface area contributed by atoms with Crippen LogP contribution in [0.1, 0.15) is 24.7 Å². The van der Waals surface area contributed by atoms with E-state index in [0.717, 1.165) is 29.1 Å². The molecular weight excluding hydrogens is 336 g/mol. The van der Waals surface area contributed by atoms with Gasteiger partial charge < -0.3 is 4.74 Å². The molecule has 0 saturated carbocycles. The van der Waals surface area contributed by atoms with Gasteiger partial charge in [0.15, 0.2) is 0 Å². The number of benzene rings is 2. The summed E-state index contributed by atoms with van der Waals surface area (Å²) in [6.07, 6.45) is 2.87. The van der Waals surface area contributed by atoms with Gasteiger partial charge in [-0.05, 0) is 60.9 Å². The lowest BCUT2D eigenvalue weighted by atomic mass is 10.1. The van der Waals surface area contributed by atoms with Gasteiger partial charge in [-0.1, -0.05) is 23.7 Å². The van der Waals surface area contributed by atoms with E-state index in [0.29, 0.717) is 29.1 Å². The second kappa shape index (κ2) is 6.37. The van der Waals surface area contributed by atoms with Crippen LogP contribution in [0.25, 0.3) is 22.6 Å². The zero-order valence-corrected chi connectivity index (χ0v) is 14.6. The molecule has 2 aromatic carbocycles. The number of halogens is 1. The Labute approximate surface area is 150 Å². The van der Waals surface area contributed by atoms with Crippen molar-refractivity contribution in [2.75, 3.05) is 6.61 Å². The molecule has 0 fully saturated rings. The lowest BCUT2D eigenvalue weighted by Crippen LogP contribution is -2.20. The predicted molar refractivity (Wildman–Crippen MR) is 101 cm³/mol. The summed E-state index contributed by atoms with van der Waals surface area (Å²) in [6.45, 7) is 3.27.